The normalized spacial score (nSPS) is 11.6. The second-order valence-corrected chi connectivity index (χ2v) is 13.9. The van der Waals surface area contributed by atoms with E-state index in [2.05, 4.69) is 24.1 Å². The number of hydrogen-bond donors (Lipinski definition) is 1. The number of benzene rings is 3. The number of hydrogen-bond acceptors (Lipinski definition) is 8. The maximum Gasteiger partial charge on any atom is 0.344 e. The first-order valence-electron chi connectivity index (χ1n) is 14.5. The number of thiazole rings is 1. The van der Waals surface area contributed by atoms with Crippen LogP contribution >= 0.6 is 22.9 Å². The molecule has 1 N–H and O–H groups in total. The Morgan fingerprint density at radius 1 is 1.04 bits per heavy atom. The molecule has 1 amide bonds. The van der Waals surface area contributed by atoms with E-state index in [0.717, 1.165) is 21.8 Å². The Labute approximate surface area is 273 Å². The van der Waals surface area contributed by atoms with Gasteiger partial charge in [-0.25, -0.2) is 18.2 Å². The third-order valence-corrected chi connectivity index (χ3v) is 9.59. The number of nitrogens with one attached hydrogen (secondary N) is 1. The van der Waals surface area contributed by atoms with Gasteiger partial charge in [-0.3, -0.25) is 4.79 Å². The topological polar surface area (TPSA) is 112 Å². The molecule has 4 rings (SSSR count). The van der Waals surface area contributed by atoms with Crippen LogP contribution in [0.25, 0.3) is 12.2 Å². The predicted octanol–water partition coefficient (Wildman–Crippen LogP) is 7.69. The summed E-state index contributed by atoms with van der Waals surface area (Å²) in [5.41, 5.74) is 3.45. The molecule has 8 nitrogen and oxygen atoms in total. The van der Waals surface area contributed by atoms with Crippen LogP contribution in [0.1, 0.15) is 65.3 Å². The highest BCUT2D eigenvalue weighted by molar-refractivity contribution is 7.91. The molecule has 0 aliphatic heterocycles. The van der Waals surface area contributed by atoms with Gasteiger partial charge in [0.05, 0.1) is 28.6 Å². The van der Waals surface area contributed by atoms with E-state index < -0.39 is 15.8 Å². The zero-order valence-corrected chi connectivity index (χ0v) is 27.7. The van der Waals surface area contributed by atoms with Crippen molar-refractivity contribution in [2.24, 2.45) is 0 Å². The molecule has 0 fully saturated rings. The molecule has 0 bridgehead atoms. The third kappa shape index (κ3) is 10.0. The lowest BCUT2D eigenvalue weighted by molar-refractivity contribution is -0.145. The maximum atomic E-state index is 13.4. The van der Waals surface area contributed by atoms with Gasteiger partial charge in [0, 0.05) is 16.0 Å². The van der Waals surface area contributed by atoms with E-state index in [1.165, 1.54) is 12.1 Å². The number of ether oxygens (including phenoxy) is 2. The standard InChI is InChI=1S/C34H35ClN2O6S2/c1-4-42-33(38)21-43-31-16-10-25(8-6-18-45(40,41)28-14-12-27(35)13-15-28)20-29(31)37-34(39)26-9-5-7-24(19-26)11-17-32-36-30(22-44-32)23(2)3/h5,7,9-17,19-20,22-23H,4,6,8,18,21H2,1-3H3,(H,37,39). The Balaban J connectivity index is 1.48. The molecule has 45 heavy (non-hydrogen) atoms. The zero-order valence-electron chi connectivity index (χ0n) is 25.3. The van der Waals surface area contributed by atoms with Crippen LogP contribution in [0, 0.1) is 0 Å². The summed E-state index contributed by atoms with van der Waals surface area (Å²) in [5, 5.41) is 6.29. The molecule has 0 spiro atoms. The van der Waals surface area contributed by atoms with Gasteiger partial charge in [0.1, 0.15) is 10.8 Å². The number of esters is 1. The third-order valence-electron chi connectivity index (χ3n) is 6.69. The summed E-state index contributed by atoms with van der Waals surface area (Å²) < 4.78 is 36.2. The predicted molar refractivity (Wildman–Crippen MR) is 180 cm³/mol. The first kappa shape index (κ1) is 33.9. The van der Waals surface area contributed by atoms with Crippen LogP contribution in [-0.2, 0) is 25.8 Å². The summed E-state index contributed by atoms with van der Waals surface area (Å²) in [6.45, 7) is 5.79. The van der Waals surface area contributed by atoms with Crippen LogP contribution in [0.5, 0.6) is 5.75 Å². The van der Waals surface area contributed by atoms with Crippen LogP contribution in [0.4, 0.5) is 5.69 Å². The minimum atomic E-state index is -3.49. The molecule has 0 aliphatic carbocycles. The molecule has 236 valence electrons. The minimum Gasteiger partial charge on any atom is -0.480 e. The fourth-order valence-corrected chi connectivity index (χ4v) is 6.62. The van der Waals surface area contributed by atoms with Gasteiger partial charge in [0.2, 0.25) is 0 Å². The van der Waals surface area contributed by atoms with E-state index >= 15 is 0 Å². The lowest BCUT2D eigenvalue weighted by Gasteiger charge is -2.14. The van der Waals surface area contributed by atoms with Crippen molar-refractivity contribution >= 4 is 62.5 Å². The average Bonchev–Trinajstić information content (AvgIpc) is 3.50. The van der Waals surface area contributed by atoms with Gasteiger partial charge in [-0.2, -0.15) is 0 Å². The largest absolute Gasteiger partial charge is 0.480 e. The number of carbonyl (C=O) groups excluding carboxylic acids is 2. The lowest BCUT2D eigenvalue weighted by atomic mass is 10.1. The first-order chi connectivity index (χ1) is 21.5. The Morgan fingerprint density at radius 2 is 1.82 bits per heavy atom. The lowest BCUT2D eigenvalue weighted by Crippen LogP contribution is -2.17. The van der Waals surface area contributed by atoms with E-state index in [-0.39, 0.29) is 35.5 Å². The summed E-state index contributed by atoms with van der Waals surface area (Å²) >= 11 is 7.46. The second kappa shape index (κ2) is 15.8. The fourth-order valence-electron chi connectivity index (χ4n) is 4.31. The summed E-state index contributed by atoms with van der Waals surface area (Å²) in [7, 11) is -3.49. The van der Waals surface area contributed by atoms with Gasteiger partial charge < -0.3 is 14.8 Å². The Morgan fingerprint density at radius 3 is 2.53 bits per heavy atom. The molecule has 0 unspecified atom stereocenters. The van der Waals surface area contributed by atoms with Crippen LogP contribution in [-0.4, -0.2) is 44.2 Å². The number of aryl methyl sites for hydroxylation is 1. The van der Waals surface area contributed by atoms with Crippen molar-refractivity contribution < 1.29 is 27.5 Å². The van der Waals surface area contributed by atoms with Crippen molar-refractivity contribution in [3.8, 4) is 5.75 Å². The van der Waals surface area contributed by atoms with E-state index in [9.17, 15) is 18.0 Å². The minimum absolute atomic E-state index is 0.0580. The molecule has 3 aromatic carbocycles. The van der Waals surface area contributed by atoms with Gasteiger partial charge in [0.25, 0.3) is 5.91 Å². The quantitative estimate of drug-likeness (QED) is 0.137. The van der Waals surface area contributed by atoms with Crippen LogP contribution in [0.2, 0.25) is 5.02 Å². The van der Waals surface area contributed by atoms with E-state index in [4.69, 9.17) is 21.1 Å². The highest BCUT2D eigenvalue weighted by Gasteiger charge is 2.16. The van der Waals surface area contributed by atoms with Gasteiger partial charge in [-0.1, -0.05) is 49.7 Å². The number of amides is 1. The monoisotopic (exact) mass is 666 g/mol. The number of nitrogens with zero attached hydrogens (tertiary/aromatic N) is 1. The molecule has 0 atom stereocenters. The highest BCUT2D eigenvalue weighted by Crippen LogP contribution is 2.28. The Hall–Kier alpha value is -3.99. The molecular formula is C34H35ClN2O6S2. The Kier molecular flexibility index (Phi) is 11.9. The van der Waals surface area contributed by atoms with Crippen molar-refractivity contribution in [3.05, 3.63) is 105 Å². The molecule has 0 radical (unpaired) electrons. The molecule has 0 aliphatic rings. The van der Waals surface area contributed by atoms with Crippen molar-refractivity contribution in [1.29, 1.82) is 0 Å². The number of anilines is 1. The highest BCUT2D eigenvalue weighted by atomic mass is 35.5. The van der Waals surface area contributed by atoms with Gasteiger partial charge in [-0.05, 0) is 91.4 Å². The maximum absolute atomic E-state index is 13.4. The van der Waals surface area contributed by atoms with E-state index in [1.54, 1.807) is 66.8 Å². The van der Waals surface area contributed by atoms with Crippen molar-refractivity contribution in [1.82, 2.24) is 4.98 Å². The van der Waals surface area contributed by atoms with Crippen LogP contribution < -0.4 is 10.1 Å². The van der Waals surface area contributed by atoms with Crippen molar-refractivity contribution in [2.75, 3.05) is 24.3 Å². The summed E-state index contributed by atoms with van der Waals surface area (Å²) in [5.74, 6) is -0.328. The summed E-state index contributed by atoms with van der Waals surface area (Å²) in [4.78, 5) is 30.1. The number of carbonyl (C=O) groups is 2. The summed E-state index contributed by atoms with van der Waals surface area (Å²) in [6.07, 6.45) is 4.62. The number of halogens is 1. The molecule has 11 heteroatoms. The zero-order chi connectivity index (χ0) is 32.4. The van der Waals surface area contributed by atoms with Gasteiger partial charge in [-0.15, -0.1) is 11.3 Å². The average molecular weight is 667 g/mol. The molecule has 1 heterocycles. The molecular weight excluding hydrogens is 632 g/mol. The smallest absolute Gasteiger partial charge is 0.344 e. The Bertz CT molecular complexity index is 1770. The first-order valence-corrected chi connectivity index (χ1v) is 17.4. The number of aromatic nitrogens is 1. The van der Waals surface area contributed by atoms with Gasteiger partial charge >= 0.3 is 5.97 Å². The fraction of sp³-hybridized carbons (Fsp3) is 0.265. The van der Waals surface area contributed by atoms with E-state index in [0.29, 0.717) is 35.0 Å². The molecule has 1 aromatic heterocycles. The number of rotatable bonds is 14. The summed E-state index contributed by atoms with van der Waals surface area (Å²) in [6, 6.07) is 18.4. The van der Waals surface area contributed by atoms with Gasteiger partial charge in [0.15, 0.2) is 16.4 Å². The SMILES string of the molecule is CCOC(=O)COc1ccc(CCCS(=O)(=O)c2ccc(Cl)cc2)cc1NC(=O)c1cccc(C=Cc2nc(C(C)C)cs2)c1. The molecule has 4 aromatic rings. The van der Waals surface area contributed by atoms with E-state index in [1.807, 2.05) is 23.6 Å². The number of sulfone groups is 1. The second-order valence-electron chi connectivity index (χ2n) is 10.5. The van der Waals surface area contributed by atoms with Crippen molar-refractivity contribution in [2.45, 2.75) is 44.4 Å². The van der Waals surface area contributed by atoms with Crippen molar-refractivity contribution in [3.63, 3.8) is 0 Å². The van der Waals surface area contributed by atoms with Crippen LogP contribution in [0.3, 0.4) is 0 Å². The molecule has 0 saturated heterocycles. The van der Waals surface area contributed by atoms with Crippen LogP contribution in [0.15, 0.2) is 77.0 Å². The molecule has 0 saturated carbocycles.